The molecule has 0 aliphatic rings. The zero-order valence-electron chi connectivity index (χ0n) is 11.2. The van der Waals surface area contributed by atoms with Gasteiger partial charge in [0, 0.05) is 11.8 Å². The van der Waals surface area contributed by atoms with Gasteiger partial charge < -0.3 is 5.11 Å². The Morgan fingerprint density at radius 1 is 1.19 bits per heavy atom. The maximum absolute atomic E-state index is 11.0. The maximum atomic E-state index is 11.0. The highest BCUT2D eigenvalue weighted by atomic mass is 16.4. The number of carboxylic acid groups (broad SMARTS) is 1. The largest absolute Gasteiger partial charge is 0.478 e. The van der Waals surface area contributed by atoms with Crippen molar-refractivity contribution in [3.8, 4) is 11.8 Å². The van der Waals surface area contributed by atoms with Crippen molar-refractivity contribution in [2.24, 2.45) is 0 Å². The summed E-state index contributed by atoms with van der Waals surface area (Å²) in [5.74, 6) is 5.46. The number of fused-ring (bicyclic) bond motifs is 1. The Morgan fingerprint density at radius 2 is 2.05 bits per heavy atom. The molecule has 3 rings (SSSR count). The standard InChI is InChI=1S/C16H11N3O2/c1-11-5-6-13(16(20)21)10-12(11)7-8-15-18-17-14-4-2-3-9-19(14)15/h2-6,9-10H,1H3,(H,20,21). The number of pyridine rings is 1. The van der Waals surface area contributed by atoms with Crippen LogP contribution in [0, 0.1) is 18.8 Å². The van der Waals surface area contributed by atoms with Crippen molar-refractivity contribution in [1.29, 1.82) is 0 Å². The van der Waals surface area contributed by atoms with Crippen molar-refractivity contribution in [3.05, 3.63) is 65.1 Å². The minimum absolute atomic E-state index is 0.219. The molecule has 0 spiro atoms. The van der Waals surface area contributed by atoms with Crippen LogP contribution >= 0.6 is 0 Å². The lowest BCUT2D eigenvalue weighted by Gasteiger charge is -1.99. The molecule has 0 atom stereocenters. The number of carboxylic acids is 1. The number of benzene rings is 1. The molecule has 0 aliphatic heterocycles. The van der Waals surface area contributed by atoms with E-state index < -0.39 is 5.97 Å². The zero-order valence-corrected chi connectivity index (χ0v) is 11.2. The van der Waals surface area contributed by atoms with Crippen LogP contribution in [0.15, 0.2) is 42.6 Å². The summed E-state index contributed by atoms with van der Waals surface area (Å²) in [5.41, 5.74) is 2.53. The fourth-order valence-corrected chi connectivity index (χ4v) is 1.94. The van der Waals surface area contributed by atoms with E-state index >= 15 is 0 Å². The summed E-state index contributed by atoms with van der Waals surface area (Å²) in [6, 6.07) is 10.5. The molecular formula is C16H11N3O2. The highest BCUT2D eigenvalue weighted by molar-refractivity contribution is 5.88. The van der Waals surface area contributed by atoms with Gasteiger partial charge in [0.2, 0.25) is 5.82 Å². The summed E-state index contributed by atoms with van der Waals surface area (Å²) in [4.78, 5) is 11.0. The van der Waals surface area contributed by atoms with E-state index in [2.05, 4.69) is 22.0 Å². The van der Waals surface area contributed by atoms with Gasteiger partial charge in [0.1, 0.15) is 0 Å². The highest BCUT2D eigenvalue weighted by Gasteiger charge is 2.05. The van der Waals surface area contributed by atoms with E-state index in [-0.39, 0.29) is 5.56 Å². The number of hydrogen-bond acceptors (Lipinski definition) is 3. The van der Waals surface area contributed by atoms with Crippen LogP contribution < -0.4 is 0 Å². The molecule has 2 heterocycles. The third-order valence-electron chi connectivity index (χ3n) is 3.11. The molecule has 0 radical (unpaired) electrons. The van der Waals surface area contributed by atoms with E-state index in [1.807, 2.05) is 31.3 Å². The number of aryl methyl sites for hydroxylation is 1. The Bertz CT molecular complexity index is 901. The summed E-state index contributed by atoms with van der Waals surface area (Å²) in [5, 5.41) is 17.1. The van der Waals surface area contributed by atoms with Gasteiger partial charge in [0.15, 0.2) is 5.65 Å². The van der Waals surface area contributed by atoms with E-state index in [1.165, 1.54) is 0 Å². The van der Waals surface area contributed by atoms with Crippen molar-refractivity contribution in [3.63, 3.8) is 0 Å². The van der Waals surface area contributed by atoms with Crippen molar-refractivity contribution in [2.45, 2.75) is 6.92 Å². The second-order valence-corrected chi connectivity index (χ2v) is 4.54. The molecule has 102 valence electrons. The number of carbonyl (C=O) groups is 1. The summed E-state index contributed by atoms with van der Waals surface area (Å²) in [7, 11) is 0. The second kappa shape index (κ2) is 5.10. The number of aromatic carboxylic acids is 1. The smallest absolute Gasteiger partial charge is 0.335 e. The molecular weight excluding hydrogens is 266 g/mol. The number of aromatic nitrogens is 3. The van der Waals surface area contributed by atoms with Crippen LogP contribution in [-0.2, 0) is 0 Å². The molecule has 21 heavy (non-hydrogen) atoms. The number of nitrogens with zero attached hydrogens (tertiary/aromatic N) is 3. The Hall–Kier alpha value is -3.13. The fraction of sp³-hybridized carbons (Fsp3) is 0.0625. The van der Waals surface area contributed by atoms with E-state index in [4.69, 9.17) is 5.11 Å². The molecule has 0 unspecified atom stereocenters. The predicted molar refractivity (Wildman–Crippen MR) is 77.1 cm³/mol. The Balaban J connectivity index is 2.05. The second-order valence-electron chi connectivity index (χ2n) is 4.54. The maximum Gasteiger partial charge on any atom is 0.335 e. The molecule has 0 saturated heterocycles. The van der Waals surface area contributed by atoms with E-state index in [0.717, 1.165) is 11.2 Å². The molecule has 0 aliphatic carbocycles. The lowest BCUT2D eigenvalue weighted by molar-refractivity contribution is 0.0697. The van der Waals surface area contributed by atoms with Gasteiger partial charge in [-0.05, 0) is 42.7 Å². The molecule has 5 heteroatoms. The first-order valence-electron chi connectivity index (χ1n) is 6.31. The average Bonchev–Trinajstić information content (AvgIpc) is 2.89. The zero-order chi connectivity index (χ0) is 14.8. The normalized spacial score (nSPS) is 10.1. The van der Waals surface area contributed by atoms with Gasteiger partial charge in [-0.25, -0.2) is 4.79 Å². The molecule has 3 aromatic rings. The first-order valence-corrected chi connectivity index (χ1v) is 6.31. The van der Waals surface area contributed by atoms with Crippen LogP contribution in [0.5, 0.6) is 0 Å². The summed E-state index contributed by atoms with van der Waals surface area (Å²) in [6.07, 6.45) is 1.83. The van der Waals surface area contributed by atoms with Crippen LogP contribution in [0.25, 0.3) is 5.65 Å². The summed E-state index contributed by atoms with van der Waals surface area (Å²) >= 11 is 0. The van der Waals surface area contributed by atoms with Crippen molar-refractivity contribution >= 4 is 11.6 Å². The molecule has 2 aromatic heterocycles. The molecule has 1 aromatic carbocycles. The Morgan fingerprint density at radius 3 is 2.86 bits per heavy atom. The van der Waals surface area contributed by atoms with E-state index in [9.17, 15) is 4.79 Å². The average molecular weight is 277 g/mol. The first-order chi connectivity index (χ1) is 10.1. The lowest BCUT2D eigenvalue weighted by Crippen LogP contribution is -1.97. The van der Waals surface area contributed by atoms with E-state index in [0.29, 0.717) is 11.4 Å². The van der Waals surface area contributed by atoms with Gasteiger partial charge in [-0.1, -0.05) is 18.1 Å². The first kappa shape index (κ1) is 12.9. The van der Waals surface area contributed by atoms with Crippen LogP contribution in [-0.4, -0.2) is 25.7 Å². The molecule has 1 N–H and O–H groups in total. The third kappa shape index (κ3) is 2.47. The van der Waals surface area contributed by atoms with E-state index in [1.54, 1.807) is 22.6 Å². The molecule has 0 fully saturated rings. The van der Waals surface area contributed by atoms with Crippen molar-refractivity contribution in [1.82, 2.24) is 14.6 Å². The van der Waals surface area contributed by atoms with Gasteiger partial charge in [-0.3, -0.25) is 4.40 Å². The van der Waals surface area contributed by atoms with Crippen molar-refractivity contribution < 1.29 is 9.90 Å². The fourth-order valence-electron chi connectivity index (χ4n) is 1.94. The van der Waals surface area contributed by atoms with Gasteiger partial charge in [0.25, 0.3) is 0 Å². The molecule has 0 bridgehead atoms. The minimum Gasteiger partial charge on any atom is -0.478 e. The van der Waals surface area contributed by atoms with Gasteiger partial charge in [-0.2, -0.15) is 0 Å². The quantitative estimate of drug-likeness (QED) is 0.692. The van der Waals surface area contributed by atoms with Gasteiger partial charge >= 0.3 is 5.97 Å². The van der Waals surface area contributed by atoms with Crippen molar-refractivity contribution in [2.75, 3.05) is 0 Å². The van der Waals surface area contributed by atoms with Crippen LogP contribution in [0.4, 0.5) is 0 Å². The number of rotatable bonds is 1. The molecule has 5 nitrogen and oxygen atoms in total. The Labute approximate surface area is 120 Å². The van der Waals surface area contributed by atoms with Gasteiger partial charge in [0.05, 0.1) is 5.56 Å². The Kier molecular flexibility index (Phi) is 3.13. The summed E-state index contributed by atoms with van der Waals surface area (Å²) < 4.78 is 1.78. The number of hydrogen-bond donors (Lipinski definition) is 1. The predicted octanol–water partition coefficient (Wildman–Crippen LogP) is 2.14. The summed E-state index contributed by atoms with van der Waals surface area (Å²) in [6.45, 7) is 1.89. The van der Waals surface area contributed by atoms with Crippen LogP contribution in [0.3, 0.4) is 0 Å². The topological polar surface area (TPSA) is 67.5 Å². The minimum atomic E-state index is -0.967. The van der Waals surface area contributed by atoms with Gasteiger partial charge in [-0.15, -0.1) is 10.2 Å². The lowest BCUT2D eigenvalue weighted by atomic mass is 10.1. The van der Waals surface area contributed by atoms with Crippen LogP contribution in [0.1, 0.15) is 27.3 Å². The molecule has 0 amide bonds. The van der Waals surface area contributed by atoms with Crippen LogP contribution in [0.2, 0.25) is 0 Å². The highest BCUT2D eigenvalue weighted by Crippen LogP contribution is 2.10. The molecule has 0 saturated carbocycles. The monoisotopic (exact) mass is 277 g/mol. The third-order valence-corrected chi connectivity index (χ3v) is 3.11. The SMILES string of the molecule is Cc1ccc(C(=O)O)cc1C#Cc1nnc2ccccn12.